The number of amides is 2. The molecule has 1 fully saturated rings. The SMILES string of the molecule is CS(=O)(=O)N(CC(=O)N(Cc1ccccc1Cl)C(Cc1ccccc1)C(=O)NC1CCCC1)c1cccc(C(F)(F)F)c1. The molecule has 1 aliphatic rings. The van der Waals surface area contributed by atoms with Crippen molar-refractivity contribution in [3.05, 3.63) is 101 Å². The lowest BCUT2D eigenvalue weighted by molar-refractivity contribution is -0.140. The van der Waals surface area contributed by atoms with Gasteiger partial charge in [0.05, 0.1) is 17.5 Å². The highest BCUT2D eigenvalue weighted by Gasteiger charge is 2.36. The summed E-state index contributed by atoms with van der Waals surface area (Å²) in [7, 11) is -4.22. The first-order chi connectivity index (χ1) is 20.3. The van der Waals surface area contributed by atoms with Crippen LogP contribution >= 0.6 is 11.6 Å². The van der Waals surface area contributed by atoms with Crippen molar-refractivity contribution in [1.29, 1.82) is 0 Å². The van der Waals surface area contributed by atoms with Gasteiger partial charge in [0.1, 0.15) is 12.6 Å². The molecule has 1 atom stereocenters. The minimum atomic E-state index is -4.72. The summed E-state index contributed by atoms with van der Waals surface area (Å²) in [5, 5.41) is 3.39. The number of nitrogens with zero attached hydrogens (tertiary/aromatic N) is 2. The van der Waals surface area contributed by atoms with Gasteiger partial charge in [-0.3, -0.25) is 13.9 Å². The molecule has 0 heterocycles. The Balaban J connectivity index is 1.75. The van der Waals surface area contributed by atoms with Gasteiger partial charge in [0, 0.05) is 24.0 Å². The number of anilines is 1. The predicted octanol–water partition coefficient (Wildman–Crippen LogP) is 5.82. The molecule has 43 heavy (non-hydrogen) atoms. The van der Waals surface area contributed by atoms with Gasteiger partial charge in [-0.2, -0.15) is 13.2 Å². The maximum atomic E-state index is 14.1. The third-order valence-electron chi connectivity index (χ3n) is 7.41. The van der Waals surface area contributed by atoms with Gasteiger partial charge in [0.25, 0.3) is 0 Å². The number of hydrogen-bond acceptors (Lipinski definition) is 4. The normalized spacial score (nSPS) is 14.7. The van der Waals surface area contributed by atoms with Gasteiger partial charge >= 0.3 is 6.18 Å². The maximum absolute atomic E-state index is 14.1. The number of hydrogen-bond donors (Lipinski definition) is 1. The summed E-state index contributed by atoms with van der Waals surface area (Å²) in [5.41, 5.74) is -0.0894. The minimum absolute atomic E-state index is 0.0549. The van der Waals surface area contributed by atoms with E-state index >= 15 is 0 Å². The number of carbonyl (C=O) groups excluding carboxylic acids is 2. The lowest BCUT2D eigenvalue weighted by Gasteiger charge is -2.34. The number of carbonyl (C=O) groups is 2. The van der Waals surface area contributed by atoms with E-state index in [1.165, 1.54) is 11.0 Å². The molecule has 1 aliphatic carbocycles. The van der Waals surface area contributed by atoms with Crippen LogP contribution in [0.1, 0.15) is 42.4 Å². The van der Waals surface area contributed by atoms with Gasteiger partial charge in [-0.15, -0.1) is 0 Å². The van der Waals surface area contributed by atoms with Crippen LogP contribution in [0.3, 0.4) is 0 Å². The van der Waals surface area contributed by atoms with E-state index in [1.54, 1.807) is 36.4 Å². The molecular formula is C31H33ClF3N3O4S. The molecule has 0 aliphatic heterocycles. The molecule has 1 unspecified atom stereocenters. The Morgan fingerprint density at radius 1 is 0.977 bits per heavy atom. The van der Waals surface area contributed by atoms with Crippen LogP contribution in [-0.4, -0.2) is 50.0 Å². The minimum Gasteiger partial charge on any atom is -0.352 e. The second kappa shape index (κ2) is 13.8. The second-order valence-corrected chi connectivity index (χ2v) is 12.9. The molecule has 0 aromatic heterocycles. The summed E-state index contributed by atoms with van der Waals surface area (Å²) in [5.74, 6) is -1.17. The van der Waals surface area contributed by atoms with E-state index in [0.717, 1.165) is 49.6 Å². The number of benzene rings is 3. The molecule has 230 valence electrons. The van der Waals surface area contributed by atoms with Gasteiger partial charge in [-0.05, 0) is 48.2 Å². The molecule has 12 heteroatoms. The Morgan fingerprint density at radius 2 is 1.63 bits per heavy atom. The highest BCUT2D eigenvalue weighted by atomic mass is 35.5. The molecular weight excluding hydrogens is 603 g/mol. The van der Waals surface area contributed by atoms with E-state index < -0.39 is 46.2 Å². The number of sulfonamides is 1. The average molecular weight is 636 g/mol. The van der Waals surface area contributed by atoms with Crippen LogP contribution in [0, 0.1) is 0 Å². The lowest BCUT2D eigenvalue weighted by atomic mass is 10.0. The van der Waals surface area contributed by atoms with Crippen molar-refractivity contribution < 1.29 is 31.2 Å². The first-order valence-corrected chi connectivity index (χ1v) is 16.1. The van der Waals surface area contributed by atoms with Gasteiger partial charge < -0.3 is 10.2 Å². The topological polar surface area (TPSA) is 86.8 Å². The maximum Gasteiger partial charge on any atom is 0.416 e. The molecule has 3 aromatic carbocycles. The van der Waals surface area contributed by atoms with E-state index in [0.29, 0.717) is 21.0 Å². The zero-order valence-corrected chi connectivity index (χ0v) is 25.1. The molecule has 3 aromatic rings. The van der Waals surface area contributed by atoms with Crippen molar-refractivity contribution in [3.8, 4) is 0 Å². The van der Waals surface area contributed by atoms with Crippen molar-refractivity contribution >= 4 is 39.1 Å². The van der Waals surface area contributed by atoms with Gasteiger partial charge in [-0.1, -0.05) is 79.0 Å². The molecule has 0 bridgehead atoms. The van der Waals surface area contributed by atoms with Crippen LogP contribution in [0.25, 0.3) is 0 Å². The van der Waals surface area contributed by atoms with Crippen molar-refractivity contribution in [2.75, 3.05) is 17.1 Å². The van der Waals surface area contributed by atoms with Crippen molar-refractivity contribution in [1.82, 2.24) is 10.2 Å². The zero-order valence-electron chi connectivity index (χ0n) is 23.6. The Hall–Kier alpha value is -3.57. The van der Waals surface area contributed by atoms with Crippen molar-refractivity contribution in [2.24, 2.45) is 0 Å². The first-order valence-electron chi connectivity index (χ1n) is 13.8. The van der Waals surface area contributed by atoms with E-state index in [4.69, 9.17) is 11.6 Å². The van der Waals surface area contributed by atoms with E-state index in [-0.39, 0.29) is 24.7 Å². The fourth-order valence-corrected chi connectivity index (χ4v) is 6.22. The Labute approximate surface area is 254 Å². The Kier molecular flexibility index (Phi) is 10.4. The molecule has 1 N–H and O–H groups in total. The monoisotopic (exact) mass is 635 g/mol. The van der Waals surface area contributed by atoms with Crippen LogP contribution in [0.15, 0.2) is 78.9 Å². The van der Waals surface area contributed by atoms with E-state index in [2.05, 4.69) is 5.32 Å². The second-order valence-electron chi connectivity index (χ2n) is 10.6. The third kappa shape index (κ3) is 8.73. The Morgan fingerprint density at radius 3 is 2.26 bits per heavy atom. The molecule has 0 spiro atoms. The number of alkyl halides is 3. The number of halogens is 4. The third-order valence-corrected chi connectivity index (χ3v) is 8.92. The quantitative estimate of drug-likeness (QED) is 0.288. The first kappa shape index (κ1) is 32.3. The largest absolute Gasteiger partial charge is 0.416 e. The summed E-state index contributed by atoms with van der Waals surface area (Å²) in [4.78, 5) is 29.2. The summed E-state index contributed by atoms with van der Waals surface area (Å²) >= 11 is 6.44. The summed E-state index contributed by atoms with van der Waals surface area (Å²) in [6.07, 6.45) is -0.239. The molecule has 7 nitrogen and oxygen atoms in total. The van der Waals surface area contributed by atoms with Crippen LogP contribution in [0.2, 0.25) is 5.02 Å². The highest BCUT2D eigenvalue weighted by molar-refractivity contribution is 7.92. The molecule has 0 radical (unpaired) electrons. The number of rotatable bonds is 11. The number of nitrogens with one attached hydrogen (secondary N) is 1. The fourth-order valence-electron chi connectivity index (χ4n) is 5.18. The lowest BCUT2D eigenvalue weighted by Crippen LogP contribution is -2.54. The molecule has 1 saturated carbocycles. The van der Waals surface area contributed by atoms with Crippen molar-refractivity contribution in [3.63, 3.8) is 0 Å². The molecule has 4 rings (SSSR count). The summed E-state index contributed by atoms with van der Waals surface area (Å²) in [6, 6.07) is 18.5. The van der Waals surface area contributed by atoms with Gasteiger partial charge in [0.15, 0.2) is 0 Å². The summed E-state index contributed by atoms with van der Waals surface area (Å²) < 4.78 is 66.7. The Bertz CT molecular complexity index is 1530. The summed E-state index contributed by atoms with van der Waals surface area (Å²) in [6.45, 7) is -0.957. The van der Waals surface area contributed by atoms with E-state index in [1.807, 2.05) is 18.2 Å². The standard InChI is InChI=1S/C31H33ClF3N3O4S/c1-43(41,42)38(26-16-9-13-24(19-26)31(33,34)35)21-29(39)37(20-23-12-5-8-17-27(23)32)28(18-22-10-3-2-4-11-22)30(40)36-25-14-6-7-15-25/h2-5,8-13,16-17,19,25,28H,6-7,14-15,18,20-21H2,1H3,(H,36,40). The van der Waals surface area contributed by atoms with Crippen LogP contribution in [-0.2, 0) is 38.8 Å². The van der Waals surface area contributed by atoms with Crippen LogP contribution < -0.4 is 9.62 Å². The zero-order chi connectivity index (χ0) is 31.2. The fraction of sp³-hybridized carbons (Fsp3) is 0.355. The van der Waals surface area contributed by atoms with Crippen LogP contribution in [0.4, 0.5) is 18.9 Å². The van der Waals surface area contributed by atoms with Gasteiger partial charge in [0.2, 0.25) is 21.8 Å². The van der Waals surface area contributed by atoms with E-state index in [9.17, 15) is 31.2 Å². The highest BCUT2D eigenvalue weighted by Crippen LogP contribution is 2.32. The molecule has 0 saturated heterocycles. The predicted molar refractivity (Wildman–Crippen MR) is 160 cm³/mol. The molecule has 2 amide bonds. The van der Waals surface area contributed by atoms with Gasteiger partial charge in [-0.25, -0.2) is 8.42 Å². The van der Waals surface area contributed by atoms with Crippen LogP contribution in [0.5, 0.6) is 0 Å². The van der Waals surface area contributed by atoms with Crippen molar-refractivity contribution in [2.45, 2.75) is 56.9 Å². The average Bonchev–Trinajstić information content (AvgIpc) is 3.47. The smallest absolute Gasteiger partial charge is 0.352 e.